The normalized spacial score (nSPS) is 11.5. The maximum absolute atomic E-state index is 9.19. The molecule has 0 aliphatic heterocycles. The summed E-state index contributed by atoms with van der Waals surface area (Å²) in [6.45, 7) is 0.499. The smallest absolute Gasteiger partial charge is 0.223 e. The first-order chi connectivity index (χ1) is 11.7. The minimum absolute atomic E-state index is 0.0463. The maximum Gasteiger partial charge on any atom is 0.223 e. The number of benzene rings is 1. The van der Waals surface area contributed by atoms with E-state index in [-0.39, 0.29) is 25.1 Å². The third-order valence-corrected chi connectivity index (χ3v) is 4.69. The van der Waals surface area contributed by atoms with E-state index in [4.69, 9.17) is 5.73 Å². The molecule has 0 saturated carbocycles. The second-order valence-corrected chi connectivity index (χ2v) is 6.49. The van der Waals surface area contributed by atoms with Crippen LogP contribution in [0.1, 0.15) is 6.42 Å². The number of fused-ring (bicyclic) bond motifs is 1. The number of nitrogen functional groups attached to an aromatic ring is 1. The van der Waals surface area contributed by atoms with Crippen LogP contribution in [0.4, 0.5) is 5.95 Å². The van der Waals surface area contributed by atoms with Gasteiger partial charge in [0, 0.05) is 30.6 Å². The van der Waals surface area contributed by atoms with Crippen molar-refractivity contribution in [2.75, 3.05) is 18.9 Å². The summed E-state index contributed by atoms with van der Waals surface area (Å²) in [5, 5.41) is 19.1. The molecule has 2 aromatic heterocycles. The van der Waals surface area contributed by atoms with Crippen molar-refractivity contribution in [3.63, 3.8) is 0 Å². The molecule has 126 valence electrons. The van der Waals surface area contributed by atoms with Gasteiger partial charge in [0.2, 0.25) is 5.95 Å². The Kier molecular flexibility index (Phi) is 5.29. The van der Waals surface area contributed by atoms with Crippen molar-refractivity contribution in [1.82, 2.24) is 19.5 Å². The Balaban J connectivity index is 1.89. The van der Waals surface area contributed by atoms with Crippen LogP contribution in [0.3, 0.4) is 0 Å². The van der Waals surface area contributed by atoms with Crippen LogP contribution in [-0.4, -0.2) is 42.9 Å². The third kappa shape index (κ3) is 3.66. The Morgan fingerprint density at radius 2 is 1.88 bits per heavy atom. The Bertz CT molecular complexity index is 805. The van der Waals surface area contributed by atoms with Crippen LogP contribution in [0.15, 0.2) is 46.6 Å². The van der Waals surface area contributed by atoms with Crippen molar-refractivity contribution in [1.29, 1.82) is 0 Å². The van der Waals surface area contributed by atoms with E-state index in [0.29, 0.717) is 29.2 Å². The molecule has 1 aromatic carbocycles. The van der Waals surface area contributed by atoms with E-state index in [1.807, 2.05) is 34.9 Å². The van der Waals surface area contributed by atoms with Crippen LogP contribution in [0, 0.1) is 5.92 Å². The monoisotopic (exact) mass is 345 g/mol. The molecule has 0 spiro atoms. The fourth-order valence-electron chi connectivity index (χ4n) is 2.33. The molecule has 2 heterocycles. The lowest BCUT2D eigenvalue weighted by molar-refractivity contribution is 0.140. The zero-order valence-corrected chi connectivity index (χ0v) is 13.9. The van der Waals surface area contributed by atoms with Gasteiger partial charge in [0.15, 0.2) is 5.65 Å². The molecule has 0 saturated heterocycles. The van der Waals surface area contributed by atoms with Crippen LogP contribution in [0.5, 0.6) is 0 Å². The number of anilines is 1. The molecule has 3 rings (SSSR count). The van der Waals surface area contributed by atoms with E-state index in [2.05, 4.69) is 15.0 Å². The Hall–Kier alpha value is -2.16. The lowest BCUT2D eigenvalue weighted by Gasteiger charge is -2.11. The molecule has 7 nitrogen and oxygen atoms in total. The minimum atomic E-state index is -0.153. The average Bonchev–Trinajstić information content (AvgIpc) is 3.00. The molecule has 0 atom stereocenters. The summed E-state index contributed by atoms with van der Waals surface area (Å²) in [7, 11) is 0. The summed E-state index contributed by atoms with van der Waals surface area (Å²) in [6, 6.07) is 9.89. The summed E-state index contributed by atoms with van der Waals surface area (Å²) in [6.07, 6.45) is 2.32. The fourth-order valence-corrected chi connectivity index (χ4v) is 3.23. The molecule has 0 radical (unpaired) electrons. The standard InChI is InChI=1S/C16H19N5O2S/c17-16-19-14-13(15(20-16)24-12-4-2-1-3-5-12)18-10-21(14)7-6-11(8-22)9-23/h1-5,10-11,22-23H,6-9H2,(H2,17,19,20). The predicted octanol–water partition coefficient (Wildman–Crippen LogP) is 1.55. The number of aryl methyl sites for hydroxylation is 1. The zero-order chi connectivity index (χ0) is 16.9. The van der Waals surface area contributed by atoms with Gasteiger partial charge < -0.3 is 20.5 Å². The van der Waals surface area contributed by atoms with Gasteiger partial charge in [-0.1, -0.05) is 30.0 Å². The first-order valence-electron chi connectivity index (χ1n) is 7.64. The van der Waals surface area contributed by atoms with Crippen LogP contribution >= 0.6 is 11.8 Å². The SMILES string of the molecule is Nc1nc(Sc2ccccc2)c2ncn(CCC(CO)CO)c2n1. The molecule has 0 amide bonds. The van der Waals surface area contributed by atoms with Crippen molar-refractivity contribution < 1.29 is 10.2 Å². The molecule has 0 aliphatic rings. The maximum atomic E-state index is 9.19. The van der Waals surface area contributed by atoms with Gasteiger partial charge in [-0.25, -0.2) is 9.97 Å². The number of nitrogens with two attached hydrogens (primary N) is 1. The van der Waals surface area contributed by atoms with Gasteiger partial charge in [-0.2, -0.15) is 4.98 Å². The van der Waals surface area contributed by atoms with Crippen molar-refractivity contribution in [2.45, 2.75) is 22.9 Å². The van der Waals surface area contributed by atoms with Crippen molar-refractivity contribution in [3.05, 3.63) is 36.7 Å². The van der Waals surface area contributed by atoms with Crippen LogP contribution < -0.4 is 5.73 Å². The number of aromatic nitrogens is 4. The molecule has 8 heteroatoms. The minimum Gasteiger partial charge on any atom is -0.396 e. The largest absolute Gasteiger partial charge is 0.396 e. The summed E-state index contributed by atoms with van der Waals surface area (Å²) >= 11 is 1.49. The highest BCUT2D eigenvalue weighted by molar-refractivity contribution is 7.99. The molecule has 4 N–H and O–H groups in total. The first kappa shape index (κ1) is 16.7. The van der Waals surface area contributed by atoms with Gasteiger partial charge in [0.05, 0.1) is 6.33 Å². The summed E-state index contributed by atoms with van der Waals surface area (Å²) in [4.78, 5) is 14.1. The molecular weight excluding hydrogens is 326 g/mol. The van der Waals surface area contributed by atoms with Gasteiger partial charge in [0.1, 0.15) is 10.5 Å². The van der Waals surface area contributed by atoms with E-state index in [0.717, 1.165) is 4.90 Å². The van der Waals surface area contributed by atoms with Crippen LogP contribution in [0.2, 0.25) is 0 Å². The van der Waals surface area contributed by atoms with E-state index in [9.17, 15) is 10.2 Å². The van der Waals surface area contributed by atoms with Gasteiger partial charge in [0.25, 0.3) is 0 Å². The number of aliphatic hydroxyl groups is 2. The molecule has 0 bridgehead atoms. The number of nitrogens with zero attached hydrogens (tertiary/aromatic N) is 4. The van der Waals surface area contributed by atoms with Gasteiger partial charge >= 0.3 is 0 Å². The molecule has 3 aromatic rings. The summed E-state index contributed by atoms with van der Waals surface area (Å²) in [5.41, 5.74) is 7.22. The highest BCUT2D eigenvalue weighted by atomic mass is 32.2. The highest BCUT2D eigenvalue weighted by Crippen LogP contribution is 2.31. The predicted molar refractivity (Wildman–Crippen MR) is 92.6 cm³/mol. The van der Waals surface area contributed by atoms with Crippen molar-refractivity contribution in [2.24, 2.45) is 5.92 Å². The average molecular weight is 345 g/mol. The molecular formula is C16H19N5O2S. The fraction of sp³-hybridized carbons (Fsp3) is 0.312. The highest BCUT2D eigenvalue weighted by Gasteiger charge is 2.14. The van der Waals surface area contributed by atoms with Gasteiger partial charge in [-0.3, -0.25) is 0 Å². The van der Waals surface area contributed by atoms with E-state index < -0.39 is 0 Å². The number of rotatable bonds is 7. The molecule has 24 heavy (non-hydrogen) atoms. The number of imidazole rings is 1. The van der Waals surface area contributed by atoms with Crippen LogP contribution in [0.25, 0.3) is 11.2 Å². The van der Waals surface area contributed by atoms with Gasteiger partial charge in [-0.05, 0) is 18.6 Å². The lowest BCUT2D eigenvalue weighted by atomic mass is 10.1. The second kappa shape index (κ2) is 7.61. The van der Waals surface area contributed by atoms with E-state index in [1.54, 1.807) is 6.33 Å². The van der Waals surface area contributed by atoms with Crippen molar-refractivity contribution >= 4 is 28.9 Å². The first-order valence-corrected chi connectivity index (χ1v) is 8.46. The summed E-state index contributed by atoms with van der Waals surface area (Å²) in [5.74, 6) is 0.0448. The number of hydrogen-bond donors (Lipinski definition) is 3. The Morgan fingerprint density at radius 3 is 2.58 bits per heavy atom. The zero-order valence-electron chi connectivity index (χ0n) is 13.0. The number of aliphatic hydroxyl groups excluding tert-OH is 2. The van der Waals surface area contributed by atoms with Gasteiger partial charge in [-0.15, -0.1) is 0 Å². The molecule has 0 fully saturated rings. The molecule has 0 unspecified atom stereocenters. The third-order valence-electron chi connectivity index (χ3n) is 3.70. The number of hydrogen-bond acceptors (Lipinski definition) is 7. The second-order valence-electron chi connectivity index (χ2n) is 5.43. The Morgan fingerprint density at radius 1 is 1.12 bits per heavy atom. The van der Waals surface area contributed by atoms with E-state index >= 15 is 0 Å². The quantitative estimate of drug-likeness (QED) is 0.557. The lowest BCUT2D eigenvalue weighted by Crippen LogP contribution is -2.14. The summed E-state index contributed by atoms with van der Waals surface area (Å²) < 4.78 is 1.88. The van der Waals surface area contributed by atoms with Crippen LogP contribution in [-0.2, 0) is 6.54 Å². The topological polar surface area (TPSA) is 110 Å². The van der Waals surface area contributed by atoms with Crippen molar-refractivity contribution in [3.8, 4) is 0 Å². The Labute approximate surface area is 143 Å². The van der Waals surface area contributed by atoms with E-state index in [1.165, 1.54) is 11.8 Å². The molecule has 0 aliphatic carbocycles.